The van der Waals surface area contributed by atoms with Crippen LogP contribution in [0.5, 0.6) is 0 Å². The van der Waals surface area contributed by atoms with Crippen LogP contribution in [-0.2, 0) is 11.8 Å². The fraction of sp³-hybridized carbons (Fsp3) is 0.318. The standard InChI is InChI=1S/C22H21F3N4O2S/c1-13-18(32-19(27-13)21(31)9-2-3-10-21)14-7-8-17(26-12-14)29-20(30)28-16-6-4-5-15(11-16)22(23,24)25/h4-8,11-12,31H,2-3,9-10H2,1H3,(H2,26,28,29,30). The number of carbonyl (C=O) groups is 1. The van der Waals surface area contributed by atoms with Crippen LogP contribution in [0.15, 0.2) is 42.6 Å². The van der Waals surface area contributed by atoms with E-state index in [0.717, 1.165) is 41.1 Å². The molecule has 4 rings (SSSR count). The summed E-state index contributed by atoms with van der Waals surface area (Å²) in [4.78, 5) is 21.8. The Morgan fingerprint density at radius 3 is 2.56 bits per heavy atom. The third-order valence-corrected chi connectivity index (χ3v) is 6.74. The summed E-state index contributed by atoms with van der Waals surface area (Å²) in [5.74, 6) is 0.245. The number of nitrogens with zero attached hydrogens (tertiary/aromatic N) is 2. The van der Waals surface area contributed by atoms with Crippen LogP contribution < -0.4 is 10.6 Å². The number of hydrogen-bond donors (Lipinski definition) is 3. The van der Waals surface area contributed by atoms with Crippen molar-refractivity contribution in [2.24, 2.45) is 0 Å². The fourth-order valence-electron chi connectivity index (χ4n) is 3.69. The molecule has 0 radical (unpaired) electrons. The molecule has 0 atom stereocenters. The van der Waals surface area contributed by atoms with Crippen LogP contribution in [0, 0.1) is 6.92 Å². The lowest BCUT2D eigenvalue weighted by atomic mass is 10.0. The van der Waals surface area contributed by atoms with Crippen LogP contribution in [0.3, 0.4) is 0 Å². The zero-order valence-corrected chi connectivity index (χ0v) is 18.0. The van der Waals surface area contributed by atoms with E-state index in [-0.39, 0.29) is 11.5 Å². The first-order valence-electron chi connectivity index (χ1n) is 10.1. The molecule has 0 saturated heterocycles. The summed E-state index contributed by atoms with van der Waals surface area (Å²) in [6.45, 7) is 1.88. The van der Waals surface area contributed by atoms with Crippen molar-refractivity contribution in [3.05, 3.63) is 58.9 Å². The van der Waals surface area contributed by atoms with Crippen LogP contribution in [0.25, 0.3) is 10.4 Å². The number of pyridine rings is 1. The molecule has 1 aliphatic rings. The highest BCUT2D eigenvalue weighted by Crippen LogP contribution is 2.43. The molecule has 2 amide bonds. The van der Waals surface area contributed by atoms with Crippen molar-refractivity contribution in [3.8, 4) is 10.4 Å². The minimum atomic E-state index is -4.49. The smallest absolute Gasteiger partial charge is 0.383 e. The van der Waals surface area contributed by atoms with E-state index in [1.54, 1.807) is 18.3 Å². The number of carbonyl (C=O) groups excluding carboxylic acids is 1. The van der Waals surface area contributed by atoms with Crippen molar-refractivity contribution in [3.63, 3.8) is 0 Å². The van der Waals surface area contributed by atoms with Gasteiger partial charge in [-0.15, -0.1) is 11.3 Å². The second kappa shape index (κ2) is 8.51. The largest absolute Gasteiger partial charge is 0.416 e. The summed E-state index contributed by atoms with van der Waals surface area (Å²) in [5, 5.41) is 16.4. The second-order valence-electron chi connectivity index (χ2n) is 7.76. The summed E-state index contributed by atoms with van der Waals surface area (Å²) in [7, 11) is 0. The molecule has 2 aromatic heterocycles. The number of alkyl halides is 3. The molecule has 168 valence electrons. The van der Waals surface area contributed by atoms with Gasteiger partial charge in [0.05, 0.1) is 16.1 Å². The van der Waals surface area contributed by atoms with Gasteiger partial charge in [-0.2, -0.15) is 13.2 Å². The molecule has 1 aromatic carbocycles. The molecule has 3 aromatic rings. The third kappa shape index (κ3) is 4.76. The van der Waals surface area contributed by atoms with Crippen molar-refractivity contribution >= 4 is 28.9 Å². The molecule has 32 heavy (non-hydrogen) atoms. The first-order valence-corrected chi connectivity index (χ1v) is 10.9. The predicted molar refractivity (Wildman–Crippen MR) is 117 cm³/mol. The van der Waals surface area contributed by atoms with Crippen LogP contribution >= 0.6 is 11.3 Å². The molecule has 0 spiro atoms. The van der Waals surface area contributed by atoms with Crippen LogP contribution in [0.2, 0.25) is 0 Å². The number of aliphatic hydroxyl groups is 1. The Bertz CT molecular complexity index is 1120. The Kier molecular flexibility index (Phi) is 5.91. The Labute approximate surface area is 186 Å². The molecular weight excluding hydrogens is 441 g/mol. The van der Waals surface area contributed by atoms with Gasteiger partial charge < -0.3 is 10.4 Å². The van der Waals surface area contributed by atoms with E-state index in [9.17, 15) is 23.1 Å². The Morgan fingerprint density at radius 2 is 1.91 bits per heavy atom. The quantitative estimate of drug-likeness (QED) is 0.448. The van der Waals surface area contributed by atoms with E-state index in [0.29, 0.717) is 17.8 Å². The highest BCUT2D eigenvalue weighted by atomic mass is 32.1. The number of rotatable bonds is 4. The molecule has 1 fully saturated rings. The summed E-state index contributed by atoms with van der Waals surface area (Å²) in [6.07, 6.45) is 0.476. The van der Waals surface area contributed by atoms with E-state index < -0.39 is 23.4 Å². The van der Waals surface area contributed by atoms with Crippen LogP contribution in [0.1, 0.15) is 41.9 Å². The number of urea groups is 1. The normalized spacial score (nSPS) is 15.5. The minimum absolute atomic E-state index is 0.0200. The van der Waals surface area contributed by atoms with Crippen molar-refractivity contribution in [1.29, 1.82) is 0 Å². The second-order valence-corrected chi connectivity index (χ2v) is 8.76. The van der Waals surface area contributed by atoms with Crippen LogP contribution in [-0.4, -0.2) is 21.1 Å². The SMILES string of the molecule is Cc1nc(C2(O)CCCC2)sc1-c1ccc(NC(=O)Nc2cccc(C(F)(F)F)c2)nc1. The molecule has 3 N–H and O–H groups in total. The van der Waals surface area contributed by atoms with Gasteiger partial charge in [0.25, 0.3) is 0 Å². The average molecular weight is 462 g/mol. The van der Waals surface area contributed by atoms with Gasteiger partial charge in [-0.3, -0.25) is 5.32 Å². The van der Waals surface area contributed by atoms with E-state index in [2.05, 4.69) is 20.6 Å². The molecular formula is C22H21F3N4O2S. The topological polar surface area (TPSA) is 87.1 Å². The first kappa shape index (κ1) is 22.2. The number of amides is 2. The maximum Gasteiger partial charge on any atom is 0.416 e. The van der Waals surface area contributed by atoms with Gasteiger partial charge in [-0.25, -0.2) is 14.8 Å². The molecule has 2 heterocycles. The third-order valence-electron chi connectivity index (χ3n) is 5.34. The van der Waals surface area contributed by atoms with E-state index in [1.165, 1.54) is 23.5 Å². The monoisotopic (exact) mass is 462 g/mol. The van der Waals surface area contributed by atoms with E-state index in [4.69, 9.17) is 0 Å². The summed E-state index contributed by atoms with van der Waals surface area (Å²) in [5.41, 5.74) is -0.0813. The lowest BCUT2D eigenvalue weighted by Crippen LogP contribution is -2.20. The maximum absolute atomic E-state index is 12.8. The number of nitrogens with one attached hydrogen (secondary N) is 2. The maximum atomic E-state index is 12.8. The zero-order valence-electron chi connectivity index (χ0n) is 17.2. The summed E-state index contributed by atoms with van der Waals surface area (Å²) in [6, 6.07) is 7.05. The Morgan fingerprint density at radius 1 is 1.16 bits per heavy atom. The Balaban J connectivity index is 1.43. The highest BCUT2D eigenvalue weighted by Gasteiger charge is 2.36. The highest BCUT2D eigenvalue weighted by molar-refractivity contribution is 7.15. The fourth-order valence-corrected chi connectivity index (χ4v) is 4.89. The van der Waals surface area contributed by atoms with Gasteiger partial charge in [0.2, 0.25) is 0 Å². The lowest BCUT2D eigenvalue weighted by molar-refractivity contribution is -0.137. The number of aryl methyl sites for hydroxylation is 1. The molecule has 1 aliphatic carbocycles. The number of halogens is 3. The number of anilines is 2. The molecule has 0 unspecified atom stereocenters. The first-order chi connectivity index (χ1) is 15.1. The van der Waals surface area contributed by atoms with E-state index >= 15 is 0 Å². The van der Waals surface area contributed by atoms with Gasteiger partial charge in [-0.1, -0.05) is 18.9 Å². The van der Waals surface area contributed by atoms with Crippen molar-refractivity contribution in [2.75, 3.05) is 10.6 Å². The number of benzene rings is 1. The lowest BCUT2D eigenvalue weighted by Gasteiger charge is -2.18. The molecule has 10 heteroatoms. The van der Waals surface area contributed by atoms with Gasteiger partial charge in [0.15, 0.2) is 0 Å². The average Bonchev–Trinajstić information content (AvgIpc) is 3.35. The number of aromatic nitrogens is 2. The van der Waals surface area contributed by atoms with Crippen molar-refractivity contribution < 1.29 is 23.1 Å². The van der Waals surface area contributed by atoms with Gasteiger partial charge in [0.1, 0.15) is 16.4 Å². The number of thiazole rings is 1. The molecule has 0 aliphatic heterocycles. The van der Waals surface area contributed by atoms with Crippen molar-refractivity contribution in [2.45, 2.75) is 44.4 Å². The van der Waals surface area contributed by atoms with Crippen molar-refractivity contribution in [1.82, 2.24) is 9.97 Å². The van der Waals surface area contributed by atoms with Gasteiger partial charge in [-0.05, 0) is 50.1 Å². The molecule has 1 saturated carbocycles. The zero-order chi connectivity index (χ0) is 22.9. The number of hydrogen-bond acceptors (Lipinski definition) is 5. The van der Waals surface area contributed by atoms with E-state index in [1.807, 2.05) is 6.92 Å². The molecule has 6 nitrogen and oxygen atoms in total. The van der Waals surface area contributed by atoms with Gasteiger partial charge >= 0.3 is 12.2 Å². The summed E-state index contributed by atoms with van der Waals surface area (Å²) >= 11 is 1.44. The minimum Gasteiger partial charge on any atom is -0.383 e. The Hall–Kier alpha value is -2.98. The summed E-state index contributed by atoms with van der Waals surface area (Å²) < 4.78 is 38.4. The predicted octanol–water partition coefficient (Wildman–Crippen LogP) is 5.94. The van der Waals surface area contributed by atoms with Crippen LogP contribution in [0.4, 0.5) is 29.5 Å². The van der Waals surface area contributed by atoms with Gasteiger partial charge in [0, 0.05) is 17.4 Å². The molecule has 0 bridgehead atoms.